The number of ether oxygens (including phenoxy) is 1. The van der Waals surface area contributed by atoms with E-state index in [0.717, 1.165) is 12.2 Å². The molecule has 0 bridgehead atoms. The van der Waals surface area contributed by atoms with E-state index < -0.39 is 0 Å². The normalized spacial score (nSPS) is 10.4. The fourth-order valence-corrected chi connectivity index (χ4v) is 2.06. The van der Waals surface area contributed by atoms with Crippen molar-refractivity contribution in [2.45, 2.75) is 13.3 Å². The Hall–Kier alpha value is -1.80. The number of aryl methyl sites for hydroxylation is 1. The second-order valence-corrected chi connectivity index (χ2v) is 4.41. The largest absolute Gasteiger partial charge is 0.497 e. The van der Waals surface area contributed by atoms with E-state index in [-0.39, 0.29) is 0 Å². The van der Waals surface area contributed by atoms with Crippen molar-refractivity contribution >= 4 is 0 Å². The number of nitrogens with two attached hydrogens (primary N) is 1. The van der Waals surface area contributed by atoms with Gasteiger partial charge in [-0.3, -0.25) is 0 Å². The van der Waals surface area contributed by atoms with Crippen LogP contribution in [0.5, 0.6) is 5.75 Å². The van der Waals surface area contributed by atoms with Gasteiger partial charge in [0.25, 0.3) is 0 Å². The Morgan fingerprint density at radius 1 is 1.00 bits per heavy atom. The Morgan fingerprint density at radius 2 is 1.67 bits per heavy atom. The molecule has 0 aliphatic carbocycles. The van der Waals surface area contributed by atoms with Crippen molar-refractivity contribution in [1.29, 1.82) is 0 Å². The van der Waals surface area contributed by atoms with E-state index in [9.17, 15) is 0 Å². The molecule has 0 saturated carbocycles. The summed E-state index contributed by atoms with van der Waals surface area (Å²) < 4.78 is 5.17. The third-order valence-electron chi connectivity index (χ3n) is 3.19. The number of methoxy groups -OCH3 is 1. The topological polar surface area (TPSA) is 35.2 Å². The molecule has 0 unspecified atom stereocenters. The van der Waals surface area contributed by atoms with Gasteiger partial charge in [0.15, 0.2) is 0 Å². The van der Waals surface area contributed by atoms with Gasteiger partial charge in [0, 0.05) is 0 Å². The zero-order valence-corrected chi connectivity index (χ0v) is 10.9. The maximum Gasteiger partial charge on any atom is 0.118 e. The molecule has 18 heavy (non-hydrogen) atoms. The third kappa shape index (κ3) is 2.71. The van der Waals surface area contributed by atoms with E-state index in [4.69, 9.17) is 10.5 Å². The van der Waals surface area contributed by atoms with Crippen LogP contribution in [0.3, 0.4) is 0 Å². The van der Waals surface area contributed by atoms with E-state index in [0.29, 0.717) is 6.54 Å². The Kier molecular flexibility index (Phi) is 4.00. The summed E-state index contributed by atoms with van der Waals surface area (Å²) in [4.78, 5) is 0. The van der Waals surface area contributed by atoms with Gasteiger partial charge in [-0.25, -0.2) is 0 Å². The number of rotatable bonds is 4. The molecule has 2 aromatic carbocycles. The van der Waals surface area contributed by atoms with Crippen LogP contribution >= 0.6 is 0 Å². The van der Waals surface area contributed by atoms with Crippen molar-refractivity contribution in [3.8, 4) is 16.9 Å². The first-order valence-electron chi connectivity index (χ1n) is 6.18. The molecular formula is C16H19NO. The van der Waals surface area contributed by atoms with Crippen LogP contribution in [0.25, 0.3) is 11.1 Å². The zero-order valence-electron chi connectivity index (χ0n) is 10.9. The molecule has 0 radical (unpaired) electrons. The van der Waals surface area contributed by atoms with E-state index >= 15 is 0 Å². The van der Waals surface area contributed by atoms with Crippen LogP contribution in [0.2, 0.25) is 0 Å². The lowest BCUT2D eigenvalue weighted by Gasteiger charge is -2.09. The first kappa shape index (κ1) is 12.7. The SMILES string of the molecule is COc1ccc(-c2ccc(C)c(CCN)c2)cc1. The summed E-state index contributed by atoms with van der Waals surface area (Å²) >= 11 is 0. The summed E-state index contributed by atoms with van der Waals surface area (Å²) in [7, 11) is 1.68. The number of hydrogen-bond donors (Lipinski definition) is 1. The van der Waals surface area contributed by atoms with E-state index in [1.165, 1.54) is 22.3 Å². The molecule has 0 aliphatic heterocycles. The van der Waals surface area contributed by atoms with Crippen molar-refractivity contribution in [3.63, 3.8) is 0 Å². The van der Waals surface area contributed by atoms with Crippen LogP contribution in [0.15, 0.2) is 42.5 Å². The van der Waals surface area contributed by atoms with E-state index in [2.05, 4.69) is 37.3 Å². The van der Waals surface area contributed by atoms with Crippen LogP contribution in [0.1, 0.15) is 11.1 Å². The maximum absolute atomic E-state index is 5.64. The van der Waals surface area contributed by atoms with Crippen molar-refractivity contribution in [3.05, 3.63) is 53.6 Å². The number of hydrogen-bond acceptors (Lipinski definition) is 2. The fraction of sp³-hybridized carbons (Fsp3) is 0.250. The van der Waals surface area contributed by atoms with E-state index in [1.807, 2.05) is 12.1 Å². The minimum Gasteiger partial charge on any atom is -0.497 e. The molecule has 2 aromatic rings. The van der Waals surface area contributed by atoms with Crippen molar-refractivity contribution in [2.75, 3.05) is 13.7 Å². The summed E-state index contributed by atoms with van der Waals surface area (Å²) in [6.07, 6.45) is 0.926. The Morgan fingerprint density at radius 3 is 2.28 bits per heavy atom. The summed E-state index contributed by atoms with van der Waals surface area (Å²) in [6.45, 7) is 2.82. The first-order chi connectivity index (χ1) is 8.74. The molecule has 0 aliphatic rings. The molecule has 0 amide bonds. The van der Waals surface area contributed by atoms with Gasteiger partial charge in [0.2, 0.25) is 0 Å². The summed E-state index contributed by atoms with van der Waals surface area (Å²) in [5.74, 6) is 0.882. The zero-order chi connectivity index (χ0) is 13.0. The Labute approximate surface area is 108 Å². The second-order valence-electron chi connectivity index (χ2n) is 4.41. The van der Waals surface area contributed by atoms with Crippen LogP contribution < -0.4 is 10.5 Å². The second kappa shape index (κ2) is 5.69. The third-order valence-corrected chi connectivity index (χ3v) is 3.19. The predicted octanol–water partition coefficient (Wildman–Crippen LogP) is 3.17. The van der Waals surface area contributed by atoms with Gasteiger partial charge in [0.1, 0.15) is 5.75 Å². The highest BCUT2D eigenvalue weighted by Crippen LogP contribution is 2.24. The lowest BCUT2D eigenvalue weighted by Crippen LogP contribution is -2.04. The molecule has 0 aromatic heterocycles. The van der Waals surface area contributed by atoms with Gasteiger partial charge in [-0.05, 0) is 54.3 Å². The average Bonchev–Trinajstić information content (AvgIpc) is 2.42. The molecule has 2 heteroatoms. The van der Waals surface area contributed by atoms with E-state index in [1.54, 1.807) is 7.11 Å². The maximum atomic E-state index is 5.64. The molecule has 0 fully saturated rings. The minimum absolute atomic E-state index is 0.687. The van der Waals surface area contributed by atoms with Crippen LogP contribution in [0, 0.1) is 6.92 Å². The summed E-state index contributed by atoms with van der Waals surface area (Å²) in [5.41, 5.74) is 10.7. The summed E-state index contributed by atoms with van der Waals surface area (Å²) in [6, 6.07) is 14.7. The monoisotopic (exact) mass is 241 g/mol. The molecule has 2 nitrogen and oxygen atoms in total. The molecule has 0 saturated heterocycles. The van der Waals surface area contributed by atoms with Gasteiger partial charge >= 0.3 is 0 Å². The van der Waals surface area contributed by atoms with Gasteiger partial charge in [-0.1, -0.05) is 30.3 Å². The smallest absolute Gasteiger partial charge is 0.118 e. The van der Waals surface area contributed by atoms with Crippen LogP contribution in [-0.4, -0.2) is 13.7 Å². The average molecular weight is 241 g/mol. The van der Waals surface area contributed by atoms with Gasteiger partial charge < -0.3 is 10.5 Å². The highest BCUT2D eigenvalue weighted by atomic mass is 16.5. The molecule has 94 valence electrons. The van der Waals surface area contributed by atoms with Crippen molar-refractivity contribution < 1.29 is 4.74 Å². The summed E-state index contributed by atoms with van der Waals surface area (Å²) in [5, 5.41) is 0. The quantitative estimate of drug-likeness (QED) is 0.892. The van der Waals surface area contributed by atoms with Gasteiger partial charge in [-0.2, -0.15) is 0 Å². The Balaban J connectivity index is 2.34. The molecule has 0 atom stereocenters. The fourth-order valence-electron chi connectivity index (χ4n) is 2.06. The molecule has 2 rings (SSSR count). The van der Waals surface area contributed by atoms with Crippen molar-refractivity contribution in [1.82, 2.24) is 0 Å². The highest BCUT2D eigenvalue weighted by Gasteiger charge is 2.02. The Bertz CT molecular complexity index is 517. The van der Waals surface area contributed by atoms with Gasteiger partial charge in [-0.15, -0.1) is 0 Å². The standard InChI is InChI=1S/C16H19NO/c1-12-3-4-15(11-14(12)9-10-17)13-5-7-16(18-2)8-6-13/h3-8,11H,9-10,17H2,1-2H3. The van der Waals surface area contributed by atoms with Crippen molar-refractivity contribution in [2.24, 2.45) is 5.73 Å². The lowest BCUT2D eigenvalue weighted by molar-refractivity contribution is 0.415. The minimum atomic E-state index is 0.687. The molecular weight excluding hydrogens is 222 g/mol. The number of benzene rings is 2. The first-order valence-corrected chi connectivity index (χ1v) is 6.18. The van der Waals surface area contributed by atoms with Crippen LogP contribution in [-0.2, 0) is 6.42 Å². The predicted molar refractivity (Wildman–Crippen MR) is 75.9 cm³/mol. The molecule has 0 heterocycles. The lowest BCUT2D eigenvalue weighted by atomic mass is 9.98. The highest BCUT2D eigenvalue weighted by molar-refractivity contribution is 5.65. The van der Waals surface area contributed by atoms with Gasteiger partial charge in [0.05, 0.1) is 7.11 Å². The molecule has 0 spiro atoms. The van der Waals surface area contributed by atoms with Crippen LogP contribution in [0.4, 0.5) is 0 Å². The molecule has 2 N–H and O–H groups in total.